The Hall–Kier alpha value is -2.28. The molecule has 1 amide bonds. The van der Waals surface area contributed by atoms with Gasteiger partial charge in [0.15, 0.2) is 0 Å². The van der Waals surface area contributed by atoms with Gasteiger partial charge in [-0.3, -0.25) is 14.9 Å². The fraction of sp³-hybridized carbons (Fsp3) is 0.0714. The molecule has 1 N–H and O–H groups in total. The van der Waals surface area contributed by atoms with Gasteiger partial charge in [0.2, 0.25) is 0 Å². The summed E-state index contributed by atoms with van der Waals surface area (Å²) in [5, 5.41) is 13.9. The molecule has 0 bridgehead atoms. The summed E-state index contributed by atoms with van der Waals surface area (Å²) in [6, 6.07) is 9.74. The molecule has 0 spiro atoms. The maximum Gasteiger partial charge on any atom is 0.295 e. The molecule has 0 aromatic heterocycles. The first-order valence-corrected chi connectivity index (χ1v) is 7.03. The van der Waals surface area contributed by atoms with Gasteiger partial charge in [-0.2, -0.15) is 0 Å². The van der Waals surface area contributed by atoms with Crippen molar-refractivity contribution in [3.63, 3.8) is 0 Å². The molecule has 0 radical (unpaired) electrons. The lowest BCUT2D eigenvalue weighted by atomic mass is 10.1. The van der Waals surface area contributed by atoms with Gasteiger partial charge < -0.3 is 5.32 Å². The number of hydrogen-bond acceptors (Lipinski definition) is 3. The minimum absolute atomic E-state index is 0.0454. The number of alkyl halides is 1. The standard InChI is InChI=1S/C14H10BrFN2O3/c15-8-9-1-3-10(4-2-9)14(19)17-12-6-5-11(16)7-13(12)18(20)21/h1-7H,8H2,(H,17,19). The Morgan fingerprint density at radius 1 is 1.24 bits per heavy atom. The molecule has 2 rings (SSSR count). The van der Waals surface area contributed by atoms with Crippen molar-refractivity contribution in [3.8, 4) is 0 Å². The molecule has 108 valence electrons. The molecule has 0 unspecified atom stereocenters. The molecule has 0 saturated heterocycles. The van der Waals surface area contributed by atoms with Gasteiger partial charge in [-0.25, -0.2) is 4.39 Å². The molecule has 0 aliphatic heterocycles. The predicted octanol–water partition coefficient (Wildman–Crippen LogP) is 3.88. The van der Waals surface area contributed by atoms with E-state index in [-0.39, 0.29) is 5.69 Å². The largest absolute Gasteiger partial charge is 0.316 e. The Kier molecular flexibility index (Phi) is 4.64. The van der Waals surface area contributed by atoms with E-state index < -0.39 is 22.3 Å². The topological polar surface area (TPSA) is 72.2 Å². The minimum atomic E-state index is -0.743. The third-order valence-electron chi connectivity index (χ3n) is 2.78. The highest BCUT2D eigenvalue weighted by Crippen LogP contribution is 2.25. The van der Waals surface area contributed by atoms with Gasteiger partial charge in [0.1, 0.15) is 11.5 Å². The molecule has 0 aliphatic rings. The van der Waals surface area contributed by atoms with Gasteiger partial charge in [0.05, 0.1) is 11.0 Å². The number of nitrogens with zero attached hydrogens (tertiary/aromatic N) is 1. The van der Waals surface area contributed by atoms with Crippen LogP contribution in [0.25, 0.3) is 0 Å². The van der Waals surface area contributed by atoms with Crippen molar-refractivity contribution < 1.29 is 14.1 Å². The Bertz CT molecular complexity index is 689. The highest BCUT2D eigenvalue weighted by atomic mass is 79.9. The van der Waals surface area contributed by atoms with Crippen LogP contribution < -0.4 is 5.32 Å². The van der Waals surface area contributed by atoms with Crippen LogP contribution in [0.2, 0.25) is 0 Å². The Balaban J connectivity index is 2.24. The van der Waals surface area contributed by atoms with E-state index in [1.165, 1.54) is 0 Å². The van der Waals surface area contributed by atoms with E-state index in [2.05, 4.69) is 21.2 Å². The van der Waals surface area contributed by atoms with Gasteiger partial charge in [-0.15, -0.1) is 0 Å². The van der Waals surface area contributed by atoms with Crippen LogP contribution >= 0.6 is 15.9 Å². The second-order valence-corrected chi connectivity index (χ2v) is 4.76. The SMILES string of the molecule is O=C(Nc1ccc(F)cc1[N+](=O)[O-])c1ccc(CBr)cc1. The summed E-state index contributed by atoms with van der Waals surface area (Å²) in [5.41, 5.74) is 0.828. The molecular weight excluding hydrogens is 343 g/mol. The molecule has 2 aromatic carbocycles. The number of hydrogen-bond donors (Lipinski definition) is 1. The number of benzene rings is 2. The van der Waals surface area contributed by atoms with E-state index in [1.807, 2.05) is 0 Å². The number of nitrogens with one attached hydrogen (secondary N) is 1. The average molecular weight is 353 g/mol. The summed E-state index contributed by atoms with van der Waals surface area (Å²) in [5.74, 6) is -1.23. The molecule has 0 heterocycles. The molecule has 0 atom stereocenters. The zero-order valence-electron chi connectivity index (χ0n) is 10.7. The fourth-order valence-corrected chi connectivity index (χ4v) is 2.08. The minimum Gasteiger partial charge on any atom is -0.316 e. The average Bonchev–Trinajstić information content (AvgIpc) is 2.49. The number of amides is 1. The second kappa shape index (κ2) is 6.45. The number of carbonyl (C=O) groups excluding carboxylic acids is 1. The van der Waals surface area contributed by atoms with Gasteiger partial charge in [0.25, 0.3) is 11.6 Å². The molecule has 0 aliphatic carbocycles. The lowest BCUT2D eigenvalue weighted by Gasteiger charge is -2.06. The van der Waals surface area contributed by atoms with Crippen LogP contribution in [0.5, 0.6) is 0 Å². The third kappa shape index (κ3) is 3.63. The zero-order chi connectivity index (χ0) is 15.4. The van der Waals surface area contributed by atoms with Crippen LogP contribution in [0.4, 0.5) is 15.8 Å². The molecule has 7 heteroatoms. The first-order chi connectivity index (χ1) is 10.0. The summed E-state index contributed by atoms with van der Waals surface area (Å²) in [7, 11) is 0. The first kappa shape index (κ1) is 15.1. The van der Waals surface area contributed by atoms with Gasteiger partial charge in [-0.1, -0.05) is 28.1 Å². The first-order valence-electron chi connectivity index (χ1n) is 5.91. The smallest absolute Gasteiger partial charge is 0.295 e. The lowest BCUT2D eigenvalue weighted by Crippen LogP contribution is -2.13. The quantitative estimate of drug-likeness (QED) is 0.515. The summed E-state index contributed by atoms with van der Waals surface area (Å²) in [4.78, 5) is 22.1. The highest BCUT2D eigenvalue weighted by molar-refractivity contribution is 9.08. The molecule has 0 saturated carbocycles. The van der Waals surface area contributed by atoms with Crippen molar-refractivity contribution in [1.29, 1.82) is 0 Å². The fourth-order valence-electron chi connectivity index (χ4n) is 1.70. The molecule has 21 heavy (non-hydrogen) atoms. The summed E-state index contributed by atoms with van der Waals surface area (Å²) < 4.78 is 13.0. The van der Waals surface area contributed by atoms with E-state index in [0.717, 1.165) is 23.8 Å². The number of halogens is 2. The van der Waals surface area contributed by atoms with E-state index >= 15 is 0 Å². The Morgan fingerprint density at radius 3 is 2.48 bits per heavy atom. The Morgan fingerprint density at radius 2 is 1.90 bits per heavy atom. The van der Waals surface area contributed by atoms with Crippen molar-refractivity contribution in [1.82, 2.24) is 0 Å². The van der Waals surface area contributed by atoms with E-state index in [1.54, 1.807) is 24.3 Å². The van der Waals surface area contributed by atoms with Crippen LogP contribution in [-0.2, 0) is 5.33 Å². The summed E-state index contributed by atoms with van der Waals surface area (Å²) >= 11 is 3.29. The number of rotatable bonds is 4. The third-order valence-corrected chi connectivity index (χ3v) is 3.42. The maximum absolute atomic E-state index is 13.0. The van der Waals surface area contributed by atoms with Crippen LogP contribution in [0, 0.1) is 15.9 Å². The van der Waals surface area contributed by atoms with E-state index in [0.29, 0.717) is 10.9 Å². The van der Waals surface area contributed by atoms with Crippen LogP contribution in [0.3, 0.4) is 0 Å². The normalized spacial score (nSPS) is 10.2. The van der Waals surface area contributed by atoms with E-state index in [9.17, 15) is 19.3 Å². The summed E-state index contributed by atoms with van der Waals surface area (Å²) in [6.45, 7) is 0. The number of anilines is 1. The second-order valence-electron chi connectivity index (χ2n) is 4.20. The lowest BCUT2D eigenvalue weighted by molar-refractivity contribution is -0.384. The van der Waals surface area contributed by atoms with Crippen molar-refractivity contribution in [3.05, 3.63) is 69.5 Å². The summed E-state index contributed by atoms with van der Waals surface area (Å²) in [6.07, 6.45) is 0. The monoisotopic (exact) mass is 352 g/mol. The zero-order valence-corrected chi connectivity index (χ0v) is 12.3. The van der Waals surface area contributed by atoms with Crippen molar-refractivity contribution in [2.45, 2.75) is 5.33 Å². The highest BCUT2D eigenvalue weighted by Gasteiger charge is 2.17. The van der Waals surface area contributed by atoms with Gasteiger partial charge in [0, 0.05) is 10.9 Å². The van der Waals surface area contributed by atoms with E-state index in [4.69, 9.17) is 0 Å². The number of carbonyl (C=O) groups is 1. The molecular formula is C14H10BrFN2O3. The number of nitro groups is 1. The van der Waals surface area contributed by atoms with Crippen LogP contribution in [-0.4, -0.2) is 10.8 Å². The van der Waals surface area contributed by atoms with Crippen molar-refractivity contribution in [2.75, 3.05) is 5.32 Å². The van der Waals surface area contributed by atoms with Crippen molar-refractivity contribution >= 4 is 33.2 Å². The number of nitro benzene ring substituents is 1. The predicted molar refractivity (Wildman–Crippen MR) is 80.1 cm³/mol. The molecule has 5 nitrogen and oxygen atoms in total. The van der Waals surface area contributed by atoms with Crippen LogP contribution in [0.1, 0.15) is 15.9 Å². The van der Waals surface area contributed by atoms with Gasteiger partial charge >= 0.3 is 0 Å². The maximum atomic E-state index is 13.0. The Labute approximate surface area is 128 Å². The molecule has 2 aromatic rings. The van der Waals surface area contributed by atoms with Crippen LogP contribution in [0.15, 0.2) is 42.5 Å². The molecule has 0 fully saturated rings. The van der Waals surface area contributed by atoms with Crippen molar-refractivity contribution in [2.24, 2.45) is 0 Å². The van der Waals surface area contributed by atoms with Gasteiger partial charge in [-0.05, 0) is 29.8 Å².